The van der Waals surface area contributed by atoms with Crippen molar-refractivity contribution >= 4 is 33.5 Å². The molecule has 0 saturated carbocycles. The summed E-state index contributed by atoms with van der Waals surface area (Å²) >= 11 is 3.32. The highest BCUT2D eigenvalue weighted by molar-refractivity contribution is 9.10. The van der Waals surface area contributed by atoms with E-state index in [1.165, 1.54) is 0 Å². The minimum absolute atomic E-state index is 0.332. The number of anilines is 1. The summed E-state index contributed by atoms with van der Waals surface area (Å²) in [5.41, 5.74) is 3.37. The monoisotopic (exact) mass is 403 g/mol. The number of halogens is 1. The highest BCUT2D eigenvalue weighted by Crippen LogP contribution is 2.23. The van der Waals surface area contributed by atoms with Crippen molar-refractivity contribution in [2.45, 2.75) is 39.7 Å². The Hall–Kier alpha value is -2.14. The second-order valence-corrected chi connectivity index (χ2v) is 6.62. The van der Waals surface area contributed by atoms with Gasteiger partial charge in [0.25, 0.3) is 5.91 Å². The summed E-state index contributed by atoms with van der Waals surface area (Å²) in [5.74, 6) is -0.851. The molecule has 0 fully saturated rings. The Balaban J connectivity index is 2.08. The molecule has 2 rings (SSSR count). The molecule has 5 heteroatoms. The van der Waals surface area contributed by atoms with Gasteiger partial charge >= 0.3 is 5.97 Å². The van der Waals surface area contributed by atoms with Gasteiger partial charge in [0.05, 0.1) is 5.56 Å². The van der Waals surface area contributed by atoms with E-state index in [0.717, 1.165) is 34.1 Å². The number of nitrogens with one attached hydrogen (secondary N) is 1. The topological polar surface area (TPSA) is 55.4 Å². The third-order valence-corrected chi connectivity index (χ3v) is 4.51. The average molecular weight is 404 g/mol. The van der Waals surface area contributed by atoms with Gasteiger partial charge in [-0.1, -0.05) is 48.0 Å². The molecule has 1 N–H and O–H groups in total. The van der Waals surface area contributed by atoms with Crippen molar-refractivity contribution in [1.82, 2.24) is 0 Å². The van der Waals surface area contributed by atoms with E-state index in [9.17, 15) is 9.59 Å². The molecular weight excluding hydrogens is 382 g/mol. The zero-order valence-electron chi connectivity index (χ0n) is 14.6. The zero-order chi connectivity index (χ0) is 18.4. The predicted molar refractivity (Wildman–Crippen MR) is 103 cm³/mol. The number of carbonyl (C=O) groups excluding carboxylic acids is 2. The van der Waals surface area contributed by atoms with Crippen LogP contribution in [0.15, 0.2) is 46.9 Å². The summed E-state index contributed by atoms with van der Waals surface area (Å²) < 4.78 is 6.16. The maximum Gasteiger partial charge on any atom is 0.338 e. The van der Waals surface area contributed by atoms with Gasteiger partial charge in [0.1, 0.15) is 0 Å². The third-order valence-electron chi connectivity index (χ3n) is 3.98. The van der Waals surface area contributed by atoms with Crippen molar-refractivity contribution in [3.63, 3.8) is 0 Å². The van der Waals surface area contributed by atoms with E-state index >= 15 is 0 Å². The molecule has 0 aromatic heterocycles. The van der Waals surface area contributed by atoms with Crippen molar-refractivity contribution in [2.75, 3.05) is 5.32 Å². The molecule has 0 aliphatic heterocycles. The van der Waals surface area contributed by atoms with Crippen LogP contribution in [0.1, 0.15) is 42.3 Å². The minimum atomic E-state index is -0.884. The van der Waals surface area contributed by atoms with Crippen molar-refractivity contribution in [3.05, 3.63) is 63.6 Å². The summed E-state index contributed by atoms with van der Waals surface area (Å²) in [4.78, 5) is 24.6. The number of aryl methyl sites for hydroxylation is 2. The second kappa shape index (κ2) is 8.81. The van der Waals surface area contributed by atoms with Crippen LogP contribution in [0.25, 0.3) is 0 Å². The Kier molecular flexibility index (Phi) is 6.76. The quantitative estimate of drug-likeness (QED) is 0.707. The van der Waals surface area contributed by atoms with Crippen molar-refractivity contribution < 1.29 is 14.3 Å². The molecular formula is C20H22BrNO3. The summed E-state index contributed by atoms with van der Waals surface area (Å²) in [6, 6.07) is 12.8. The van der Waals surface area contributed by atoms with Crippen LogP contribution in [0, 0.1) is 0 Å². The molecule has 0 radical (unpaired) electrons. The van der Waals surface area contributed by atoms with E-state index in [1.54, 1.807) is 31.2 Å². The molecule has 0 saturated heterocycles. The summed E-state index contributed by atoms with van der Waals surface area (Å²) in [7, 11) is 0. The van der Waals surface area contributed by atoms with Gasteiger partial charge in [-0.15, -0.1) is 0 Å². The Morgan fingerprint density at radius 1 is 1.04 bits per heavy atom. The minimum Gasteiger partial charge on any atom is -0.449 e. The number of esters is 1. The molecule has 4 nitrogen and oxygen atoms in total. The zero-order valence-corrected chi connectivity index (χ0v) is 16.2. The fraction of sp³-hybridized carbons (Fsp3) is 0.300. The Morgan fingerprint density at radius 3 is 2.12 bits per heavy atom. The van der Waals surface area contributed by atoms with Crippen LogP contribution in [0.4, 0.5) is 5.69 Å². The number of benzene rings is 2. The van der Waals surface area contributed by atoms with E-state index in [4.69, 9.17) is 4.74 Å². The third kappa shape index (κ3) is 4.92. The molecule has 25 heavy (non-hydrogen) atoms. The lowest BCUT2D eigenvalue weighted by molar-refractivity contribution is -0.123. The van der Waals surface area contributed by atoms with Crippen LogP contribution in [-0.2, 0) is 22.4 Å². The molecule has 2 aromatic rings. The second-order valence-electron chi connectivity index (χ2n) is 5.70. The average Bonchev–Trinajstić information content (AvgIpc) is 2.62. The van der Waals surface area contributed by atoms with E-state index in [0.29, 0.717) is 5.56 Å². The molecule has 2 aromatic carbocycles. The number of ether oxygens (including phenoxy) is 1. The van der Waals surface area contributed by atoms with E-state index < -0.39 is 12.1 Å². The maximum absolute atomic E-state index is 12.5. The van der Waals surface area contributed by atoms with Gasteiger partial charge in [-0.25, -0.2) is 4.79 Å². The highest BCUT2D eigenvalue weighted by atomic mass is 79.9. The van der Waals surface area contributed by atoms with Crippen molar-refractivity contribution in [2.24, 2.45) is 0 Å². The van der Waals surface area contributed by atoms with Gasteiger partial charge in [-0.2, -0.15) is 0 Å². The number of hydrogen-bond acceptors (Lipinski definition) is 3. The van der Waals surface area contributed by atoms with Crippen molar-refractivity contribution in [1.29, 1.82) is 0 Å². The fourth-order valence-corrected chi connectivity index (χ4v) is 2.76. The fourth-order valence-electron chi connectivity index (χ4n) is 2.50. The normalized spacial score (nSPS) is 11.7. The lowest BCUT2D eigenvalue weighted by Gasteiger charge is -2.18. The number of rotatable bonds is 6. The molecule has 1 unspecified atom stereocenters. The molecule has 1 atom stereocenters. The molecule has 0 aliphatic rings. The lowest BCUT2D eigenvalue weighted by atomic mass is 10.0. The first-order valence-corrected chi connectivity index (χ1v) is 9.13. The summed E-state index contributed by atoms with van der Waals surface area (Å²) in [5, 5.41) is 2.92. The highest BCUT2D eigenvalue weighted by Gasteiger charge is 2.20. The summed E-state index contributed by atoms with van der Waals surface area (Å²) in [6.07, 6.45) is 0.748. The first-order valence-electron chi connectivity index (χ1n) is 8.34. The van der Waals surface area contributed by atoms with Gasteiger partial charge in [0.15, 0.2) is 6.10 Å². The van der Waals surface area contributed by atoms with Crippen LogP contribution in [0.2, 0.25) is 0 Å². The first-order chi connectivity index (χ1) is 12.0. The van der Waals surface area contributed by atoms with E-state index in [-0.39, 0.29) is 5.91 Å². The van der Waals surface area contributed by atoms with Gasteiger partial charge in [0, 0.05) is 10.2 Å². The van der Waals surface area contributed by atoms with E-state index in [2.05, 4.69) is 21.2 Å². The van der Waals surface area contributed by atoms with Gasteiger partial charge in [-0.05, 0) is 55.2 Å². The largest absolute Gasteiger partial charge is 0.449 e. The number of amides is 1. The molecule has 132 valence electrons. The predicted octanol–water partition coefficient (Wildman–Crippen LogP) is 4.76. The molecule has 0 aliphatic carbocycles. The van der Waals surface area contributed by atoms with Crippen LogP contribution in [0.3, 0.4) is 0 Å². The summed E-state index contributed by atoms with van der Waals surface area (Å²) in [6.45, 7) is 5.66. The first kappa shape index (κ1) is 19.2. The van der Waals surface area contributed by atoms with Crippen LogP contribution < -0.4 is 5.32 Å². The number of hydrogen-bond donors (Lipinski definition) is 1. The number of para-hydroxylation sites is 1. The smallest absolute Gasteiger partial charge is 0.338 e. The van der Waals surface area contributed by atoms with Gasteiger partial charge in [-0.3, -0.25) is 4.79 Å². The van der Waals surface area contributed by atoms with Gasteiger partial charge in [0.2, 0.25) is 0 Å². The van der Waals surface area contributed by atoms with Crippen molar-refractivity contribution in [3.8, 4) is 0 Å². The number of carbonyl (C=O) groups is 2. The van der Waals surface area contributed by atoms with Crippen LogP contribution in [-0.4, -0.2) is 18.0 Å². The SMILES string of the molecule is CCc1cccc(CC)c1NC(=O)C(C)OC(=O)c1ccc(Br)cc1. The Labute approximate surface area is 156 Å². The molecule has 0 bridgehead atoms. The lowest BCUT2D eigenvalue weighted by Crippen LogP contribution is -2.30. The van der Waals surface area contributed by atoms with Crippen LogP contribution in [0.5, 0.6) is 0 Å². The van der Waals surface area contributed by atoms with E-state index in [1.807, 2.05) is 32.0 Å². The van der Waals surface area contributed by atoms with Crippen LogP contribution >= 0.6 is 15.9 Å². The Bertz CT molecular complexity index is 734. The maximum atomic E-state index is 12.5. The van der Waals surface area contributed by atoms with Gasteiger partial charge < -0.3 is 10.1 Å². The standard InChI is InChI=1S/C20H22BrNO3/c1-4-14-7-6-8-15(5-2)18(14)22-19(23)13(3)25-20(24)16-9-11-17(21)12-10-16/h6-13H,4-5H2,1-3H3,(H,22,23). The Morgan fingerprint density at radius 2 is 1.60 bits per heavy atom. The molecule has 0 spiro atoms. The molecule has 0 heterocycles. The molecule has 1 amide bonds.